The van der Waals surface area contributed by atoms with Gasteiger partial charge in [-0.1, -0.05) is 17.3 Å². The van der Waals surface area contributed by atoms with Gasteiger partial charge in [-0.15, -0.1) is 11.6 Å². The number of oxime groups is 1. The molecular formula is C10H16ClNO. The molecule has 1 rings (SSSR count). The normalized spacial score (nSPS) is 31.5. The van der Waals surface area contributed by atoms with E-state index < -0.39 is 0 Å². The lowest BCUT2D eigenvalue weighted by molar-refractivity contribution is 0.316. The Labute approximate surface area is 84.3 Å². The summed E-state index contributed by atoms with van der Waals surface area (Å²) in [5.41, 5.74) is 0.747. The van der Waals surface area contributed by atoms with Crippen molar-refractivity contribution in [3.05, 3.63) is 12.2 Å². The standard InChI is InChI=1S/C10H16ClNO/c11-9-7-5-3-1-2-4-6-8-10(9)12-13/h1,3,9,13H,2,4-8H2/b3-1-,12-10-. The van der Waals surface area contributed by atoms with Gasteiger partial charge in [0.25, 0.3) is 0 Å². The SMILES string of the molecule is O/N=C1/CCCC/C=C\CCC1Cl. The molecule has 0 aliphatic heterocycles. The zero-order chi connectivity index (χ0) is 9.52. The van der Waals surface area contributed by atoms with E-state index in [1.807, 2.05) is 0 Å². The lowest BCUT2D eigenvalue weighted by Crippen LogP contribution is -2.14. The maximum absolute atomic E-state index is 8.73. The molecule has 1 N–H and O–H groups in total. The number of rotatable bonds is 0. The monoisotopic (exact) mass is 201 g/mol. The Morgan fingerprint density at radius 2 is 2.08 bits per heavy atom. The molecule has 0 saturated carbocycles. The molecule has 0 radical (unpaired) electrons. The van der Waals surface area contributed by atoms with Crippen LogP contribution in [-0.4, -0.2) is 16.3 Å². The van der Waals surface area contributed by atoms with Crippen LogP contribution in [0, 0.1) is 0 Å². The molecule has 0 amide bonds. The summed E-state index contributed by atoms with van der Waals surface area (Å²) in [5, 5.41) is 11.9. The summed E-state index contributed by atoms with van der Waals surface area (Å²) in [6.45, 7) is 0. The topological polar surface area (TPSA) is 32.6 Å². The molecule has 0 saturated heterocycles. The zero-order valence-electron chi connectivity index (χ0n) is 7.75. The van der Waals surface area contributed by atoms with Crippen LogP contribution < -0.4 is 0 Å². The van der Waals surface area contributed by atoms with E-state index in [-0.39, 0.29) is 5.38 Å². The van der Waals surface area contributed by atoms with E-state index in [0.29, 0.717) is 0 Å². The van der Waals surface area contributed by atoms with Gasteiger partial charge in [-0.05, 0) is 38.5 Å². The molecule has 13 heavy (non-hydrogen) atoms. The van der Waals surface area contributed by atoms with E-state index in [1.54, 1.807) is 0 Å². The average Bonchev–Trinajstić information content (AvgIpc) is 2.16. The Kier molecular flexibility index (Phi) is 4.91. The zero-order valence-corrected chi connectivity index (χ0v) is 8.50. The van der Waals surface area contributed by atoms with Crippen molar-refractivity contribution in [1.82, 2.24) is 0 Å². The molecule has 0 aromatic carbocycles. The van der Waals surface area contributed by atoms with Gasteiger partial charge >= 0.3 is 0 Å². The van der Waals surface area contributed by atoms with Crippen molar-refractivity contribution in [3.63, 3.8) is 0 Å². The van der Waals surface area contributed by atoms with Crippen LogP contribution in [0.15, 0.2) is 17.3 Å². The third kappa shape index (κ3) is 3.81. The van der Waals surface area contributed by atoms with Crippen molar-refractivity contribution < 1.29 is 5.21 Å². The Morgan fingerprint density at radius 3 is 2.85 bits per heavy atom. The van der Waals surface area contributed by atoms with Crippen LogP contribution in [0.1, 0.15) is 38.5 Å². The lowest BCUT2D eigenvalue weighted by atomic mass is 10.0. The highest BCUT2D eigenvalue weighted by atomic mass is 35.5. The van der Waals surface area contributed by atoms with E-state index in [2.05, 4.69) is 17.3 Å². The highest BCUT2D eigenvalue weighted by molar-refractivity contribution is 6.32. The van der Waals surface area contributed by atoms with Gasteiger partial charge in [-0.25, -0.2) is 0 Å². The number of allylic oxidation sites excluding steroid dienone is 2. The summed E-state index contributed by atoms with van der Waals surface area (Å²) in [6, 6.07) is 0. The van der Waals surface area contributed by atoms with Crippen LogP contribution in [0.2, 0.25) is 0 Å². The third-order valence-corrected chi connectivity index (χ3v) is 2.77. The summed E-state index contributed by atoms with van der Waals surface area (Å²) in [5.74, 6) is 0. The molecule has 74 valence electrons. The Balaban J connectivity index is 2.52. The molecule has 3 heteroatoms. The fourth-order valence-corrected chi connectivity index (χ4v) is 1.76. The molecule has 1 unspecified atom stereocenters. The second-order valence-electron chi connectivity index (χ2n) is 3.35. The van der Waals surface area contributed by atoms with Crippen molar-refractivity contribution in [2.45, 2.75) is 43.9 Å². The first-order valence-corrected chi connectivity index (χ1v) is 5.28. The predicted molar refractivity (Wildman–Crippen MR) is 55.7 cm³/mol. The molecule has 0 fully saturated rings. The van der Waals surface area contributed by atoms with Crippen molar-refractivity contribution in [2.24, 2.45) is 5.16 Å². The van der Waals surface area contributed by atoms with Gasteiger partial charge in [0, 0.05) is 0 Å². The van der Waals surface area contributed by atoms with Crippen LogP contribution in [0.25, 0.3) is 0 Å². The molecule has 1 aliphatic rings. The minimum Gasteiger partial charge on any atom is -0.411 e. The van der Waals surface area contributed by atoms with Crippen LogP contribution in [0.3, 0.4) is 0 Å². The van der Waals surface area contributed by atoms with Crippen LogP contribution >= 0.6 is 11.6 Å². The molecule has 0 heterocycles. The number of nitrogens with zero attached hydrogens (tertiary/aromatic N) is 1. The molecule has 2 nitrogen and oxygen atoms in total. The lowest BCUT2D eigenvalue weighted by Gasteiger charge is -2.11. The van der Waals surface area contributed by atoms with E-state index in [1.165, 1.54) is 0 Å². The van der Waals surface area contributed by atoms with Gasteiger partial charge in [0.05, 0.1) is 11.1 Å². The number of halogens is 1. The molecule has 0 bridgehead atoms. The minimum absolute atomic E-state index is 0.0900. The largest absolute Gasteiger partial charge is 0.411 e. The fourth-order valence-electron chi connectivity index (χ4n) is 1.48. The Hall–Kier alpha value is -0.500. The van der Waals surface area contributed by atoms with Gasteiger partial charge in [-0.2, -0.15) is 0 Å². The van der Waals surface area contributed by atoms with Crippen molar-refractivity contribution in [3.8, 4) is 0 Å². The highest BCUT2D eigenvalue weighted by Gasteiger charge is 2.12. The molecule has 0 aromatic rings. The first kappa shape index (κ1) is 10.6. The molecule has 1 aliphatic carbocycles. The number of hydrogen-bond acceptors (Lipinski definition) is 2. The third-order valence-electron chi connectivity index (χ3n) is 2.30. The first-order chi connectivity index (χ1) is 6.34. The van der Waals surface area contributed by atoms with Crippen molar-refractivity contribution in [1.29, 1.82) is 0 Å². The number of alkyl halides is 1. The summed E-state index contributed by atoms with van der Waals surface area (Å²) in [6.07, 6.45) is 10.4. The summed E-state index contributed by atoms with van der Waals surface area (Å²) >= 11 is 6.06. The highest BCUT2D eigenvalue weighted by Crippen LogP contribution is 2.15. The second-order valence-corrected chi connectivity index (χ2v) is 3.88. The van der Waals surface area contributed by atoms with Gasteiger partial charge in [0.1, 0.15) is 0 Å². The van der Waals surface area contributed by atoms with E-state index in [0.717, 1.165) is 44.2 Å². The maximum atomic E-state index is 8.73. The van der Waals surface area contributed by atoms with Crippen LogP contribution in [0.4, 0.5) is 0 Å². The Morgan fingerprint density at radius 1 is 1.31 bits per heavy atom. The molecule has 0 spiro atoms. The number of hydrogen-bond donors (Lipinski definition) is 1. The molecule has 1 atom stereocenters. The first-order valence-electron chi connectivity index (χ1n) is 4.84. The van der Waals surface area contributed by atoms with Gasteiger partial charge in [-0.3, -0.25) is 0 Å². The van der Waals surface area contributed by atoms with Crippen molar-refractivity contribution in [2.75, 3.05) is 0 Å². The van der Waals surface area contributed by atoms with E-state index in [9.17, 15) is 0 Å². The minimum atomic E-state index is -0.0900. The van der Waals surface area contributed by atoms with Crippen LogP contribution in [0.5, 0.6) is 0 Å². The van der Waals surface area contributed by atoms with E-state index in [4.69, 9.17) is 16.8 Å². The smallest absolute Gasteiger partial charge is 0.0754 e. The maximum Gasteiger partial charge on any atom is 0.0754 e. The predicted octanol–water partition coefficient (Wildman–Crippen LogP) is 3.33. The van der Waals surface area contributed by atoms with Crippen LogP contribution in [-0.2, 0) is 0 Å². The molecule has 0 aromatic heterocycles. The van der Waals surface area contributed by atoms with Gasteiger partial charge in [0.2, 0.25) is 0 Å². The van der Waals surface area contributed by atoms with Gasteiger partial charge in [0.15, 0.2) is 0 Å². The Bertz CT molecular complexity index is 201. The van der Waals surface area contributed by atoms with Crippen molar-refractivity contribution >= 4 is 17.3 Å². The second kappa shape index (κ2) is 6.03. The van der Waals surface area contributed by atoms with Gasteiger partial charge < -0.3 is 5.21 Å². The van der Waals surface area contributed by atoms with E-state index >= 15 is 0 Å². The average molecular weight is 202 g/mol. The quantitative estimate of drug-likeness (QED) is 0.277. The summed E-state index contributed by atoms with van der Waals surface area (Å²) in [7, 11) is 0. The molecular weight excluding hydrogens is 186 g/mol. The summed E-state index contributed by atoms with van der Waals surface area (Å²) < 4.78 is 0. The fraction of sp³-hybridized carbons (Fsp3) is 0.700. The summed E-state index contributed by atoms with van der Waals surface area (Å²) in [4.78, 5) is 0.